The Bertz CT molecular complexity index is 284. The predicted molar refractivity (Wildman–Crippen MR) is 45.9 cm³/mol. The molecule has 13 heavy (non-hydrogen) atoms. The zero-order valence-corrected chi connectivity index (χ0v) is 6.86. The lowest BCUT2D eigenvalue weighted by Gasteiger charge is -2.04. The highest BCUT2D eigenvalue weighted by atomic mass is 16.5. The van der Waals surface area contributed by atoms with Gasteiger partial charge in [-0.25, -0.2) is 5.84 Å². The van der Waals surface area contributed by atoms with Gasteiger partial charge in [-0.15, -0.1) is 0 Å². The number of benzene rings is 1. The molecule has 0 saturated carbocycles. The van der Waals surface area contributed by atoms with Gasteiger partial charge in [-0.3, -0.25) is 10.2 Å². The molecule has 1 aromatic rings. The minimum absolute atomic E-state index is 0.138. The Labute approximate surface area is 75.1 Å². The van der Waals surface area contributed by atoms with Crippen LogP contribution in [-0.4, -0.2) is 17.6 Å². The van der Waals surface area contributed by atoms with Crippen molar-refractivity contribution in [3.8, 4) is 11.5 Å². The first kappa shape index (κ1) is 9.34. The second-order valence-corrected chi connectivity index (χ2v) is 2.35. The third kappa shape index (κ3) is 3.00. The molecule has 4 N–H and O–H groups in total. The van der Waals surface area contributed by atoms with Crippen molar-refractivity contribution in [2.75, 3.05) is 6.61 Å². The van der Waals surface area contributed by atoms with Crippen molar-refractivity contribution in [3.63, 3.8) is 0 Å². The van der Waals surface area contributed by atoms with Crippen molar-refractivity contribution in [2.24, 2.45) is 5.84 Å². The van der Waals surface area contributed by atoms with Gasteiger partial charge in [0.2, 0.25) is 0 Å². The van der Waals surface area contributed by atoms with Gasteiger partial charge < -0.3 is 9.84 Å². The van der Waals surface area contributed by atoms with Crippen LogP contribution in [-0.2, 0) is 4.79 Å². The second-order valence-electron chi connectivity index (χ2n) is 2.35. The lowest BCUT2D eigenvalue weighted by atomic mass is 10.3. The average molecular weight is 182 g/mol. The van der Waals surface area contributed by atoms with E-state index < -0.39 is 5.91 Å². The lowest BCUT2D eigenvalue weighted by molar-refractivity contribution is -0.123. The number of nitrogens with one attached hydrogen (secondary N) is 1. The monoisotopic (exact) mass is 182 g/mol. The molecular formula is C8H10N2O3. The predicted octanol–water partition coefficient (Wildman–Crippen LogP) is -0.239. The zero-order valence-electron chi connectivity index (χ0n) is 6.86. The van der Waals surface area contributed by atoms with E-state index in [1.807, 2.05) is 5.43 Å². The molecule has 0 saturated heterocycles. The quantitative estimate of drug-likeness (QED) is 0.342. The van der Waals surface area contributed by atoms with Gasteiger partial charge in [-0.1, -0.05) is 0 Å². The molecule has 0 atom stereocenters. The molecule has 0 radical (unpaired) electrons. The van der Waals surface area contributed by atoms with E-state index >= 15 is 0 Å². The van der Waals surface area contributed by atoms with Crippen molar-refractivity contribution in [1.29, 1.82) is 0 Å². The fourth-order valence-corrected chi connectivity index (χ4v) is 0.733. The van der Waals surface area contributed by atoms with Crippen LogP contribution in [0.15, 0.2) is 24.3 Å². The maximum Gasteiger partial charge on any atom is 0.271 e. The summed E-state index contributed by atoms with van der Waals surface area (Å²) in [7, 11) is 0. The Hall–Kier alpha value is -1.75. The number of rotatable bonds is 3. The highest BCUT2D eigenvalue weighted by Gasteiger charge is 1.99. The summed E-state index contributed by atoms with van der Waals surface area (Å²) in [5.41, 5.74) is 1.93. The number of hydrogen-bond acceptors (Lipinski definition) is 4. The number of aromatic hydroxyl groups is 1. The van der Waals surface area contributed by atoms with E-state index in [-0.39, 0.29) is 12.4 Å². The summed E-state index contributed by atoms with van der Waals surface area (Å²) in [6.45, 7) is -0.138. The zero-order chi connectivity index (χ0) is 9.68. The number of hydrogen-bond donors (Lipinski definition) is 3. The molecule has 0 aliphatic heterocycles. The molecule has 1 aromatic carbocycles. The minimum atomic E-state index is -0.409. The van der Waals surface area contributed by atoms with E-state index in [9.17, 15) is 4.79 Å². The van der Waals surface area contributed by atoms with Crippen LogP contribution in [0.5, 0.6) is 11.5 Å². The van der Waals surface area contributed by atoms with Crippen molar-refractivity contribution < 1.29 is 14.6 Å². The third-order valence-corrected chi connectivity index (χ3v) is 1.37. The number of phenols is 1. The fraction of sp³-hybridized carbons (Fsp3) is 0.125. The van der Waals surface area contributed by atoms with Crippen LogP contribution >= 0.6 is 0 Å². The van der Waals surface area contributed by atoms with E-state index in [1.54, 1.807) is 12.1 Å². The number of hydrazine groups is 1. The van der Waals surface area contributed by atoms with E-state index in [0.29, 0.717) is 5.75 Å². The molecule has 0 aliphatic rings. The largest absolute Gasteiger partial charge is 0.508 e. The smallest absolute Gasteiger partial charge is 0.271 e. The summed E-state index contributed by atoms with van der Waals surface area (Å²) in [6, 6.07) is 6.05. The van der Waals surface area contributed by atoms with Crippen molar-refractivity contribution in [1.82, 2.24) is 5.43 Å². The standard InChI is InChI=1S/C8H10N2O3/c9-10-8(12)5-13-7-3-1-6(11)2-4-7/h1-4,11H,5,9H2,(H,10,12). The number of amides is 1. The van der Waals surface area contributed by atoms with Crippen LogP contribution in [0.25, 0.3) is 0 Å². The van der Waals surface area contributed by atoms with Gasteiger partial charge in [0.25, 0.3) is 5.91 Å². The van der Waals surface area contributed by atoms with E-state index in [1.165, 1.54) is 12.1 Å². The number of nitrogens with two attached hydrogens (primary N) is 1. The Morgan fingerprint density at radius 1 is 1.46 bits per heavy atom. The number of phenolic OH excluding ortho intramolecular Hbond substituents is 1. The number of carbonyl (C=O) groups is 1. The summed E-state index contributed by atoms with van der Waals surface area (Å²) in [6.07, 6.45) is 0. The molecule has 5 heteroatoms. The molecule has 0 bridgehead atoms. The molecule has 0 fully saturated rings. The number of ether oxygens (including phenoxy) is 1. The minimum Gasteiger partial charge on any atom is -0.508 e. The van der Waals surface area contributed by atoms with Gasteiger partial charge in [-0.05, 0) is 24.3 Å². The first-order valence-electron chi connectivity index (χ1n) is 3.63. The Kier molecular flexibility index (Phi) is 3.10. The van der Waals surface area contributed by atoms with Gasteiger partial charge in [0.15, 0.2) is 6.61 Å². The number of carbonyl (C=O) groups excluding carboxylic acids is 1. The lowest BCUT2D eigenvalue weighted by Crippen LogP contribution is -2.34. The van der Waals surface area contributed by atoms with Gasteiger partial charge in [0.1, 0.15) is 11.5 Å². The van der Waals surface area contributed by atoms with Crippen LogP contribution in [0.1, 0.15) is 0 Å². The topological polar surface area (TPSA) is 84.6 Å². The summed E-state index contributed by atoms with van der Waals surface area (Å²) in [5.74, 6) is 5.08. The first-order valence-corrected chi connectivity index (χ1v) is 3.63. The molecule has 0 heterocycles. The Balaban J connectivity index is 2.46. The summed E-state index contributed by atoms with van der Waals surface area (Å²) >= 11 is 0. The Morgan fingerprint density at radius 3 is 2.62 bits per heavy atom. The van der Waals surface area contributed by atoms with Crippen LogP contribution in [0.4, 0.5) is 0 Å². The molecule has 5 nitrogen and oxygen atoms in total. The third-order valence-electron chi connectivity index (χ3n) is 1.37. The second kappa shape index (κ2) is 4.32. The van der Waals surface area contributed by atoms with Crippen molar-refractivity contribution in [3.05, 3.63) is 24.3 Å². The van der Waals surface area contributed by atoms with Gasteiger partial charge in [0, 0.05) is 0 Å². The summed E-state index contributed by atoms with van der Waals surface area (Å²) in [5, 5.41) is 8.93. The van der Waals surface area contributed by atoms with Gasteiger partial charge in [0.05, 0.1) is 0 Å². The molecule has 1 rings (SSSR count). The molecular weight excluding hydrogens is 172 g/mol. The highest BCUT2D eigenvalue weighted by Crippen LogP contribution is 2.15. The highest BCUT2D eigenvalue weighted by molar-refractivity contribution is 5.76. The molecule has 0 spiro atoms. The normalized spacial score (nSPS) is 9.31. The molecule has 70 valence electrons. The SMILES string of the molecule is NNC(=O)COc1ccc(O)cc1. The van der Waals surface area contributed by atoms with E-state index in [0.717, 1.165) is 0 Å². The van der Waals surface area contributed by atoms with Gasteiger partial charge >= 0.3 is 0 Å². The molecule has 0 aliphatic carbocycles. The van der Waals surface area contributed by atoms with Crippen LogP contribution in [0, 0.1) is 0 Å². The van der Waals surface area contributed by atoms with Gasteiger partial charge in [-0.2, -0.15) is 0 Å². The van der Waals surface area contributed by atoms with Crippen LogP contribution < -0.4 is 16.0 Å². The summed E-state index contributed by atoms with van der Waals surface area (Å²) in [4.78, 5) is 10.6. The molecule has 0 unspecified atom stereocenters. The van der Waals surface area contributed by atoms with E-state index in [4.69, 9.17) is 15.7 Å². The average Bonchev–Trinajstić information content (AvgIpc) is 2.16. The van der Waals surface area contributed by atoms with Crippen LogP contribution in [0.2, 0.25) is 0 Å². The fourth-order valence-electron chi connectivity index (χ4n) is 0.733. The van der Waals surface area contributed by atoms with E-state index in [2.05, 4.69) is 0 Å². The maximum absolute atomic E-state index is 10.6. The first-order chi connectivity index (χ1) is 6.22. The maximum atomic E-state index is 10.6. The summed E-state index contributed by atoms with van der Waals surface area (Å²) < 4.78 is 5.01. The Morgan fingerprint density at radius 2 is 2.08 bits per heavy atom. The molecule has 1 amide bonds. The van der Waals surface area contributed by atoms with Crippen LogP contribution in [0.3, 0.4) is 0 Å². The van der Waals surface area contributed by atoms with Crippen molar-refractivity contribution >= 4 is 5.91 Å². The van der Waals surface area contributed by atoms with Crippen molar-refractivity contribution in [2.45, 2.75) is 0 Å². The molecule has 0 aromatic heterocycles.